The summed E-state index contributed by atoms with van der Waals surface area (Å²) in [5.41, 5.74) is 0. The maximum absolute atomic E-state index is 3.60. The first kappa shape index (κ1) is 17.9. The van der Waals surface area contributed by atoms with Gasteiger partial charge < -0.3 is 15.1 Å². The van der Waals surface area contributed by atoms with Crippen LogP contribution >= 0.6 is 0 Å². The first-order valence-corrected chi connectivity index (χ1v) is 8.60. The van der Waals surface area contributed by atoms with Crippen molar-refractivity contribution in [2.75, 3.05) is 39.8 Å². The molecular formula is C17H37N3. The SMILES string of the molecule is CCN1CCC(N(C)C(C)C(C)CNCC(C)C)CC1. The van der Waals surface area contributed by atoms with Gasteiger partial charge in [0.05, 0.1) is 0 Å². The second kappa shape index (κ2) is 9.01. The highest BCUT2D eigenvalue weighted by Crippen LogP contribution is 2.20. The number of hydrogen-bond donors (Lipinski definition) is 1. The van der Waals surface area contributed by atoms with Crippen LogP contribution in [0.15, 0.2) is 0 Å². The molecular weight excluding hydrogens is 246 g/mol. The molecule has 1 rings (SSSR count). The third kappa shape index (κ3) is 5.71. The van der Waals surface area contributed by atoms with Crippen molar-refractivity contribution in [1.29, 1.82) is 0 Å². The van der Waals surface area contributed by atoms with E-state index < -0.39 is 0 Å². The average molecular weight is 284 g/mol. The van der Waals surface area contributed by atoms with Crippen molar-refractivity contribution < 1.29 is 0 Å². The number of nitrogens with zero attached hydrogens (tertiary/aromatic N) is 2. The molecule has 0 aromatic carbocycles. The van der Waals surface area contributed by atoms with Gasteiger partial charge in [-0.3, -0.25) is 0 Å². The standard InChI is InChI=1S/C17H37N3/c1-7-20-10-8-17(9-11-20)19(6)16(5)15(4)13-18-12-14(2)3/h14-18H,7-13H2,1-6H3. The Bertz CT molecular complexity index is 247. The lowest BCUT2D eigenvalue weighted by molar-refractivity contribution is 0.0833. The first-order valence-electron chi connectivity index (χ1n) is 8.60. The van der Waals surface area contributed by atoms with E-state index in [0.29, 0.717) is 12.0 Å². The van der Waals surface area contributed by atoms with E-state index in [4.69, 9.17) is 0 Å². The summed E-state index contributed by atoms with van der Waals surface area (Å²) in [6.45, 7) is 17.6. The van der Waals surface area contributed by atoms with Crippen molar-refractivity contribution in [3.63, 3.8) is 0 Å². The van der Waals surface area contributed by atoms with Crippen molar-refractivity contribution >= 4 is 0 Å². The lowest BCUT2D eigenvalue weighted by atomic mass is 9.96. The fraction of sp³-hybridized carbons (Fsp3) is 1.00. The third-order valence-electron chi connectivity index (χ3n) is 5.07. The summed E-state index contributed by atoms with van der Waals surface area (Å²) >= 11 is 0. The van der Waals surface area contributed by atoms with E-state index in [0.717, 1.165) is 25.0 Å². The van der Waals surface area contributed by atoms with E-state index in [9.17, 15) is 0 Å². The lowest BCUT2D eigenvalue weighted by Gasteiger charge is -2.41. The summed E-state index contributed by atoms with van der Waals surface area (Å²) in [6, 6.07) is 1.44. The summed E-state index contributed by atoms with van der Waals surface area (Å²) in [7, 11) is 2.33. The maximum atomic E-state index is 3.60. The molecule has 0 aliphatic carbocycles. The molecule has 1 N–H and O–H groups in total. The second-order valence-electron chi connectivity index (χ2n) is 7.10. The highest BCUT2D eigenvalue weighted by Gasteiger charge is 2.26. The lowest BCUT2D eigenvalue weighted by Crippen LogP contribution is -2.49. The molecule has 1 saturated heterocycles. The largest absolute Gasteiger partial charge is 0.316 e. The third-order valence-corrected chi connectivity index (χ3v) is 5.07. The van der Waals surface area contributed by atoms with Gasteiger partial charge in [-0.05, 0) is 71.4 Å². The monoisotopic (exact) mass is 283 g/mol. The minimum Gasteiger partial charge on any atom is -0.316 e. The predicted molar refractivity (Wildman–Crippen MR) is 89.2 cm³/mol. The zero-order valence-electron chi connectivity index (χ0n) is 14.7. The van der Waals surface area contributed by atoms with Crippen LogP contribution in [0, 0.1) is 11.8 Å². The molecule has 0 radical (unpaired) electrons. The molecule has 3 nitrogen and oxygen atoms in total. The van der Waals surface area contributed by atoms with Crippen LogP contribution in [0.5, 0.6) is 0 Å². The second-order valence-corrected chi connectivity index (χ2v) is 7.10. The van der Waals surface area contributed by atoms with Gasteiger partial charge in [0.2, 0.25) is 0 Å². The Morgan fingerprint density at radius 2 is 1.70 bits per heavy atom. The number of piperidine rings is 1. The zero-order valence-corrected chi connectivity index (χ0v) is 14.7. The van der Waals surface area contributed by atoms with Crippen LogP contribution in [0.25, 0.3) is 0 Å². The maximum Gasteiger partial charge on any atom is 0.0119 e. The summed E-state index contributed by atoms with van der Waals surface area (Å²) < 4.78 is 0. The smallest absolute Gasteiger partial charge is 0.0119 e. The summed E-state index contributed by atoms with van der Waals surface area (Å²) in [4.78, 5) is 5.21. The summed E-state index contributed by atoms with van der Waals surface area (Å²) in [6.07, 6.45) is 2.67. The molecule has 20 heavy (non-hydrogen) atoms. The Hall–Kier alpha value is -0.120. The van der Waals surface area contributed by atoms with Gasteiger partial charge in [-0.1, -0.05) is 27.7 Å². The van der Waals surface area contributed by atoms with Gasteiger partial charge >= 0.3 is 0 Å². The number of rotatable bonds is 8. The summed E-state index contributed by atoms with van der Waals surface area (Å²) in [5, 5.41) is 3.60. The minimum absolute atomic E-state index is 0.660. The molecule has 0 aromatic heterocycles. The Morgan fingerprint density at radius 1 is 1.10 bits per heavy atom. The molecule has 1 heterocycles. The van der Waals surface area contributed by atoms with Crippen LogP contribution in [-0.2, 0) is 0 Å². The molecule has 0 saturated carbocycles. The molecule has 0 spiro atoms. The molecule has 0 amide bonds. The van der Waals surface area contributed by atoms with Gasteiger partial charge in [0.1, 0.15) is 0 Å². The van der Waals surface area contributed by atoms with Crippen LogP contribution in [0.4, 0.5) is 0 Å². The molecule has 1 aliphatic heterocycles. The topological polar surface area (TPSA) is 18.5 Å². The number of likely N-dealkylation sites (tertiary alicyclic amines) is 1. The quantitative estimate of drug-likeness (QED) is 0.739. The van der Waals surface area contributed by atoms with E-state index in [-0.39, 0.29) is 0 Å². The summed E-state index contributed by atoms with van der Waals surface area (Å²) in [5.74, 6) is 1.46. The Kier molecular flexibility index (Phi) is 8.08. The minimum atomic E-state index is 0.660. The Labute approximate surface area is 127 Å². The molecule has 1 fully saturated rings. The van der Waals surface area contributed by atoms with Crippen molar-refractivity contribution in [2.45, 2.75) is 59.5 Å². The predicted octanol–water partition coefficient (Wildman–Crippen LogP) is 2.67. The zero-order chi connectivity index (χ0) is 15.1. The fourth-order valence-electron chi connectivity index (χ4n) is 3.15. The van der Waals surface area contributed by atoms with E-state index in [1.54, 1.807) is 0 Å². The van der Waals surface area contributed by atoms with Crippen molar-refractivity contribution in [1.82, 2.24) is 15.1 Å². The highest BCUT2D eigenvalue weighted by molar-refractivity contribution is 4.83. The van der Waals surface area contributed by atoms with E-state index in [2.05, 4.69) is 56.8 Å². The van der Waals surface area contributed by atoms with Crippen LogP contribution in [0.1, 0.15) is 47.5 Å². The molecule has 3 heteroatoms. The highest BCUT2D eigenvalue weighted by atomic mass is 15.2. The molecule has 1 aliphatic rings. The van der Waals surface area contributed by atoms with Gasteiger partial charge in [0.15, 0.2) is 0 Å². The Morgan fingerprint density at radius 3 is 2.20 bits per heavy atom. The molecule has 120 valence electrons. The Balaban J connectivity index is 2.32. The molecule has 0 bridgehead atoms. The molecule has 2 unspecified atom stereocenters. The van der Waals surface area contributed by atoms with Crippen molar-refractivity contribution in [3.05, 3.63) is 0 Å². The van der Waals surface area contributed by atoms with Crippen LogP contribution < -0.4 is 5.32 Å². The fourth-order valence-corrected chi connectivity index (χ4v) is 3.15. The van der Waals surface area contributed by atoms with Gasteiger partial charge in [0, 0.05) is 12.1 Å². The van der Waals surface area contributed by atoms with Gasteiger partial charge in [-0.2, -0.15) is 0 Å². The first-order chi connectivity index (χ1) is 9.45. The van der Waals surface area contributed by atoms with Crippen LogP contribution in [0.2, 0.25) is 0 Å². The van der Waals surface area contributed by atoms with Crippen LogP contribution in [-0.4, -0.2) is 61.7 Å². The van der Waals surface area contributed by atoms with Crippen molar-refractivity contribution in [2.24, 2.45) is 11.8 Å². The van der Waals surface area contributed by atoms with E-state index in [1.807, 2.05) is 0 Å². The van der Waals surface area contributed by atoms with Gasteiger partial charge in [0.25, 0.3) is 0 Å². The van der Waals surface area contributed by atoms with Crippen molar-refractivity contribution in [3.8, 4) is 0 Å². The van der Waals surface area contributed by atoms with Gasteiger partial charge in [-0.15, -0.1) is 0 Å². The average Bonchev–Trinajstić information content (AvgIpc) is 2.45. The van der Waals surface area contributed by atoms with E-state index >= 15 is 0 Å². The molecule has 2 atom stereocenters. The van der Waals surface area contributed by atoms with E-state index in [1.165, 1.54) is 32.5 Å². The normalized spacial score (nSPS) is 21.6. The number of hydrogen-bond acceptors (Lipinski definition) is 3. The molecule has 0 aromatic rings. The van der Waals surface area contributed by atoms with Gasteiger partial charge in [-0.25, -0.2) is 0 Å². The number of nitrogens with one attached hydrogen (secondary N) is 1. The van der Waals surface area contributed by atoms with Crippen LogP contribution in [0.3, 0.4) is 0 Å².